The Balaban J connectivity index is 1.12. The number of carbonyl (C=O) groups excluding carboxylic acids is 1. The Morgan fingerprint density at radius 1 is 1.00 bits per heavy atom. The van der Waals surface area contributed by atoms with E-state index in [1.54, 1.807) is 14.2 Å². The van der Waals surface area contributed by atoms with E-state index in [2.05, 4.69) is 72.6 Å². The lowest BCUT2D eigenvalue weighted by molar-refractivity contribution is -0.118. The van der Waals surface area contributed by atoms with Crippen molar-refractivity contribution in [2.75, 3.05) is 39.2 Å². The summed E-state index contributed by atoms with van der Waals surface area (Å²) in [6, 6.07) is 18.9. The number of rotatable bonds is 8. The Morgan fingerprint density at radius 2 is 1.81 bits per heavy atom. The monoisotopic (exact) mass is 648 g/mol. The van der Waals surface area contributed by atoms with E-state index < -0.39 is 5.41 Å². The minimum atomic E-state index is -0.609. The number of benzene rings is 3. The highest BCUT2D eigenvalue weighted by Crippen LogP contribution is 2.65. The first-order valence-corrected chi connectivity index (χ1v) is 17.2. The maximum Gasteiger partial charge on any atom is 0.235 e. The van der Waals surface area contributed by atoms with E-state index in [-0.39, 0.29) is 30.3 Å². The zero-order valence-electron chi connectivity index (χ0n) is 28.2. The molecule has 250 valence electrons. The fraction of sp³-hybridized carbons (Fsp3) is 0.436. The number of nitrogens with one attached hydrogen (secondary N) is 1. The average molecular weight is 649 g/mol. The zero-order valence-corrected chi connectivity index (χ0v) is 28.2. The number of methoxy groups -OCH3 is 2. The molecule has 1 N–H and O–H groups in total. The van der Waals surface area contributed by atoms with Gasteiger partial charge in [0.05, 0.1) is 48.4 Å². The first-order valence-electron chi connectivity index (χ1n) is 17.2. The molecule has 3 aromatic carbocycles. The number of hydrogen-bond acceptors (Lipinski definition) is 7. The zero-order chi connectivity index (χ0) is 33.0. The lowest BCUT2D eigenvalue weighted by Gasteiger charge is -2.35. The fourth-order valence-electron chi connectivity index (χ4n) is 8.17. The molecule has 8 rings (SSSR count). The maximum atomic E-state index is 13.5. The van der Waals surface area contributed by atoms with Crippen LogP contribution >= 0.6 is 0 Å². The highest BCUT2D eigenvalue weighted by Gasteiger charge is 2.65. The topological polar surface area (TPSA) is 87.1 Å². The lowest BCUT2D eigenvalue weighted by atomic mass is 9.91. The standard InChI is InChI=1S/C39H44N4O5/c1-24-21-42(22-25(2)48-24)23-27-10-8-26(9-11-27)12-14-33-37-34(43(41-33)36-7-5-6-16-47-36)17-28(18-35(37)46-4)31-20-39(31)30-19-29(45-3)13-15-32(30)40-38(39)44/h8-15,17-19,24-25,31,36H,5-7,16,20-23H2,1-4H3,(H,40,44)/b14-12+/t24-,25+,31?,36?,39?. The van der Waals surface area contributed by atoms with Crippen molar-refractivity contribution in [3.05, 3.63) is 82.5 Å². The highest BCUT2D eigenvalue weighted by molar-refractivity contribution is 6.10. The van der Waals surface area contributed by atoms with Crippen LogP contribution in [0.1, 0.15) is 79.6 Å². The molecule has 3 fully saturated rings. The van der Waals surface area contributed by atoms with Crippen LogP contribution in [-0.4, -0.2) is 66.7 Å². The van der Waals surface area contributed by atoms with Gasteiger partial charge in [0, 0.05) is 37.8 Å². The van der Waals surface area contributed by atoms with Gasteiger partial charge in [-0.25, -0.2) is 4.68 Å². The Bertz CT molecular complexity index is 1870. The average Bonchev–Trinajstić information content (AvgIpc) is 3.66. The third kappa shape index (κ3) is 5.47. The van der Waals surface area contributed by atoms with Crippen LogP contribution in [-0.2, 0) is 26.2 Å². The van der Waals surface area contributed by atoms with Crippen molar-refractivity contribution in [2.24, 2.45) is 0 Å². The quantitative estimate of drug-likeness (QED) is 0.222. The Hall–Kier alpha value is -4.18. The predicted molar refractivity (Wildman–Crippen MR) is 186 cm³/mol. The van der Waals surface area contributed by atoms with Crippen molar-refractivity contribution in [3.63, 3.8) is 0 Å². The van der Waals surface area contributed by atoms with Crippen molar-refractivity contribution in [1.29, 1.82) is 0 Å². The van der Waals surface area contributed by atoms with Crippen molar-refractivity contribution in [3.8, 4) is 11.5 Å². The largest absolute Gasteiger partial charge is 0.497 e. The van der Waals surface area contributed by atoms with Crippen LogP contribution < -0.4 is 14.8 Å². The van der Waals surface area contributed by atoms with Crippen molar-refractivity contribution >= 4 is 34.6 Å². The van der Waals surface area contributed by atoms with Gasteiger partial charge in [0.1, 0.15) is 11.5 Å². The summed E-state index contributed by atoms with van der Waals surface area (Å²) in [5.41, 5.74) is 6.53. The van der Waals surface area contributed by atoms with E-state index >= 15 is 0 Å². The molecule has 3 unspecified atom stereocenters. The van der Waals surface area contributed by atoms with Gasteiger partial charge in [-0.05, 0) is 98.2 Å². The van der Waals surface area contributed by atoms with E-state index in [0.29, 0.717) is 6.61 Å². The van der Waals surface area contributed by atoms with Crippen LogP contribution in [0.5, 0.6) is 11.5 Å². The molecule has 5 atom stereocenters. The molecule has 1 aliphatic carbocycles. The molecule has 48 heavy (non-hydrogen) atoms. The summed E-state index contributed by atoms with van der Waals surface area (Å²) in [6.45, 7) is 7.82. The fourth-order valence-corrected chi connectivity index (χ4v) is 8.17. The first kappa shape index (κ1) is 31.1. The Kier molecular flexibility index (Phi) is 8.01. The van der Waals surface area contributed by atoms with Crippen LogP contribution in [0.2, 0.25) is 0 Å². The minimum absolute atomic E-state index is 0.0150. The van der Waals surface area contributed by atoms with Crippen molar-refractivity contribution < 1.29 is 23.7 Å². The number of morpholine rings is 1. The van der Waals surface area contributed by atoms with Gasteiger partial charge in [0.15, 0.2) is 6.23 Å². The van der Waals surface area contributed by atoms with Crippen molar-refractivity contribution in [1.82, 2.24) is 14.7 Å². The third-order valence-corrected chi connectivity index (χ3v) is 10.5. The number of ether oxygens (including phenoxy) is 4. The molecule has 4 aliphatic rings. The molecule has 1 spiro atoms. The molecule has 9 nitrogen and oxygen atoms in total. The van der Waals surface area contributed by atoms with Gasteiger partial charge in [-0.15, -0.1) is 0 Å². The summed E-state index contributed by atoms with van der Waals surface area (Å²) in [5.74, 6) is 1.56. The van der Waals surface area contributed by atoms with Crippen LogP contribution in [0.4, 0.5) is 5.69 Å². The Morgan fingerprint density at radius 3 is 2.54 bits per heavy atom. The van der Waals surface area contributed by atoms with Gasteiger partial charge in [-0.2, -0.15) is 5.10 Å². The summed E-state index contributed by atoms with van der Waals surface area (Å²) >= 11 is 0. The van der Waals surface area contributed by atoms with Crippen molar-refractivity contribution in [2.45, 2.75) is 75.8 Å². The molecule has 4 aromatic rings. The van der Waals surface area contributed by atoms with Gasteiger partial charge in [-0.3, -0.25) is 9.69 Å². The molecule has 9 heteroatoms. The van der Waals surface area contributed by atoms with Gasteiger partial charge in [0.2, 0.25) is 5.91 Å². The second-order valence-corrected chi connectivity index (χ2v) is 13.9. The minimum Gasteiger partial charge on any atom is -0.497 e. The summed E-state index contributed by atoms with van der Waals surface area (Å²) in [4.78, 5) is 15.9. The molecule has 4 heterocycles. The van der Waals surface area contributed by atoms with Gasteiger partial charge < -0.3 is 24.3 Å². The molecule has 2 saturated heterocycles. The van der Waals surface area contributed by atoms with E-state index in [4.69, 9.17) is 24.0 Å². The van der Waals surface area contributed by atoms with E-state index in [1.807, 2.05) is 22.9 Å². The number of carbonyl (C=O) groups is 1. The van der Waals surface area contributed by atoms with E-state index in [9.17, 15) is 4.79 Å². The second-order valence-electron chi connectivity index (χ2n) is 13.9. The Labute approximate surface area is 281 Å². The van der Waals surface area contributed by atoms with Crippen LogP contribution in [0.15, 0.2) is 54.6 Å². The molecule has 1 aromatic heterocycles. The highest BCUT2D eigenvalue weighted by atomic mass is 16.5. The summed E-state index contributed by atoms with van der Waals surface area (Å²) in [5, 5.41) is 9.20. The number of aromatic nitrogens is 2. The summed E-state index contributed by atoms with van der Waals surface area (Å²) in [7, 11) is 3.37. The molecular weight excluding hydrogens is 604 g/mol. The summed E-state index contributed by atoms with van der Waals surface area (Å²) < 4.78 is 25.8. The van der Waals surface area contributed by atoms with Crippen LogP contribution in [0.25, 0.3) is 23.1 Å². The molecule has 0 radical (unpaired) electrons. The smallest absolute Gasteiger partial charge is 0.235 e. The molecule has 0 bridgehead atoms. The van der Waals surface area contributed by atoms with Gasteiger partial charge in [-0.1, -0.05) is 30.3 Å². The van der Waals surface area contributed by atoms with Gasteiger partial charge >= 0.3 is 0 Å². The second kappa shape index (κ2) is 12.4. The predicted octanol–water partition coefficient (Wildman–Crippen LogP) is 6.91. The van der Waals surface area contributed by atoms with E-state index in [0.717, 1.165) is 95.8 Å². The number of anilines is 1. The number of fused-ring (bicyclic) bond motifs is 3. The SMILES string of the molecule is COc1ccc2c(c1)C1(CC1c1cc(OC)c3c(/C=C/c4ccc(CN5C[C@@H](C)O[C@@H](C)C5)cc4)nn(C4CCCCO4)c3c1)C(=O)N2. The summed E-state index contributed by atoms with van der Waals surface area (Å²) in [6.07, 6.45) is 8.33. The number of hydrogen-bond donors (Lipinski definition) is 1. The number of amides is 1. The molecule has 1 saturated carbocycles. The number of nitrogens with zero attached hydrogens (tertiary/aromatic N) is 3. The van der Waals surface area contributed by atoms with Crippen LogP contribution in [0.3, 0.4) is 0 Å². The normalized spacial score (nSPS) is 27.0. The first-order chi connectivity index (χ1) is 23.4. The maximum absolute atomic E-state index is 13.5. The molecule has 1 amide bonds. The lowest BCUT2D eigenvalue weighted by Crippen LogP contribution is -2.44. The van der Waals surface area contributed by atoms with Gasteiger partial charge in [0.25, 0.3) is 0 Å². The third-order valence-electron chi connectivity index (χ3n) is 10.5. The van der Waals surface area contributed by atoms with E-state index in [1.165, 1.54) is 5.56 Å². The molecule has 3 aliphatic heterocycles. The van der Waals surface area contributed by atoms with Crippen LogP contribution in [0, 0.1) is 0 Å². The molecular formula is C39H44N4O5.